The van der Waals surface area contributed by atoms with E-state index in [1.807, 2.05) is 17.7 Å². The van der Waals surface area contributed by atoms with Gasteiger partial charge in [-0.05, 0) is 6.07 Å². The van der Waals surface area contributed by atoms with Gasteiger partial charge in [-0.25, -0.2) is 0 Å². The first-order chi connectivity index (χ1) is 5.79. The van der Waals surface area contributed by atoms with Gasteiger partial charge in [0.1, 0.15) is 0 Å². The van der Waals surface area contributed by atoms with Crippen LogP contribution < -0.4 is 5.43 Å². The van der Waals surface area contributed by atoms with Gasteiger partial charge < -0.3 is 4.57 Å². The average molecular weight is 160 g/mol. The van der Waals surface area contributed by atoms with Gasteiger partial charge in [-0.3, -0.25) is 9.78 Å². The maximum atomic E-state index is 11.3. The number of aromatic nitrogens is 2. The third-order valence-electron chi connectivity index (χ3n) is 1.89. The molecule has 2 heterocycles. The summed E-state index contributed by atoms with van der Waals surface area (Å²) in [6.45, 7) is 0. The van der Waals surface area contributed by atoms with Crippen molar-refractivity contribution in [1.82, 2.24) is 9.55 Å². The van der Waals surface area contributed by atoms with Crippen LogP contribution in [0.25, 0.3) is 10.9 Å². The molecule has 0 saturated carbocycles. The molecule has 2 aromatic rings. The summed E-state index contributed by atoms with van der Waals surface area (Å²) >= 11 is 0. The molecule has 0 bridgehead atoms. The molecule has 2 rings (SSSR count). The van der Waals surface area contributed by atoms with E-state index >= 15 is 0 Å². The van der Waals surface area contributed by atoms with Gasteiger partial charge in [0.2, 0.25) is 0 Å². The summed E-state index contributed by atoms with van der Waals surface area (Å²) in [6.07, 6.45) is 5.03. The Labute approximate surface area is 69.3 Å². The molecule has 2 aromatic heterocycles. The second kappa shape index (κ2) is 2.44. The average Bonchev–Trinajstić information content (AvgIpc) is 2.12. The minimum Gasteiger partial charge on any atom is -0.350 e. The number of hydrogen-bond donors (Lipinski definition) is 0. The lowest BCUT2D eigenvalue weighted by Gasteiger charge is -2.01. The summed E-state index contributed by atoms with van der Waals surface area (Å²) < 4.78 is 1.90. The fraction of sp³-hybridized carbons (Fsp3) is 0.111. The Hall–Kier alpha value is -1.64. The zero-order valence-corrected chi connectivity index (χ0v) is 6.69. The lowest BCUT2D eigenvalue weighted by atomic mass is 10.2. The van der Waals surface area contributed by atoms with Crippen molar-refractivity contribution in [2.24, 2.45) is 7.05 Å². The normalized spacial score (nSPS) is 10.4. The fourth-order valence-electron chi connectivity index (χ4n) is 1.23. The lowest BCUT2D eigenvalue weighted by Crippen LogP contribution is -2.04. The van der Waals surface area contributed by atoms with Crippen LogP contribution in [-0.4, -0.2) is 9.55 Å². The van der Waals surface area contributed by atoms with Crippen molar-refractivity contribution in [2.75, 3.05) is 0 Å². The summed E-state index contributed by atoms with van der Waals surface area (Å²) in [5.74, 6) is 0. The maximum Gasteiger partial charge on any atom is 0.190 e. The molecule has 60 valence electrons. The molecule has 0 aliphatic carbocycles. The standard InChI is InChI=1S/C9H8N2O/c1-11-5-3-9(12)7-6-10-4-2-8(7)11/h2-6H,1H3. The molecule has 0 aromatic carbocycles. The van der Waals surface area contributed by atoms with Crippen molar-refractivity contribution >= 4 is 10.9 Å². The number of pyridine rings is 2. The predicted molar refractivity (Wildman–Crippen MR) is 47.0 cm³/mol. The molecule has 0 aliphatic heterocycles. The maximum absolute atomic E-state index is 11.3. The highest BCUT2D eigenvalue weighted by molar-refractivity contribution is 5.77. The second-order valence-electron chi connectivity index (χ2n) is 2.68. The van der Waals surface area contributed by atoms with Crippen LogP contribution in [0, 0.1) is 0 Å². The summed E-state index contributed by atoms with van der Waals surface area (Å²) in [5.41, 5.74) is 0.939. The van der Waals surface area contributed by atoms with E-state index < -0.39 is 0 Å². The minimum atomic E-state index is 0.0243. The van der Waals surface area contributed by atoms with Gasteiger partial charge in [0.15, 0.2) is 5.43 Å². The van der Waals surface area contributed by atoms with Crippen molar-refractivity contribution in [1.29, 1.82) is 0 Å². The van der Waals surface area contributed by atoms with Crippen LogP contribution in [0.4, 0.5) is 0 Å². The molecule has 0 saturated heterocycles. The largest absolute Gasteiger partial charge is 0.350 e. The summed E-state index contributed by atoms with van der Waals surface area (Å²) in [5, 5.41) is 0.669. The highest BCUT2D eigenvalue weighted by Gasteiger charge is 1.97. The molecule has 0 N–H and O–H groups in total. The first-order valence-corrected chi connectivity index (χ1v) is 3.68. The van der Waals surface area contributed by atoms with E-state index in [-0.39, 0.29) is 5.43 Å². The van der Waals surface area contributed by atoms with Gasteiger partial charge in [-0.2, -0.15) is 0 Å². The molecule has 0 unspecified atom stereocenters. The Morgan fingerprint density at radius 1 is 1.42 bits per heavy atom. The molecule has 0 aliphatic rings. The highest BCUT2D eigenvalue weighted by atomic mass is 16.1. The van der Waals surface area contributed by atoms with Crippen LogP contribution in [0.3, 0.4) is 0 Å². The van der Waals surface area contributed by atoms with Gasteiger partial charge in [0.05, 0.1) is 10.9 Å². The van der Waals surface area contributed by atoms with E-state index in [4.69, 9.17) is 0 Å². The zero-order chi connectivity index (χ0) is 8.55. The molecular formula is C9H8N2O. The van der Waals surface area contributed by atoms with E-state index in [9.17, 15) is 4.79 Å². The van der Waals surface area contributed by atoms with Crippen molar-refractivity contribution in [3.63, 3.8) is 0 Å². The molecule has 0 fully saturated rings. The quantitative estimate of drug-likeness (QED) is 0.574. The lowest BCUT2D eigenvalue weighted by molar-refractivity contribution is 0.948. The number of nitrogens with zero attached hydrogens (tertiary/aromatic N) is 2. The van der Waals surface area contributed by atoms with Crippen LogP contribution in [0.15, 0.2) is 35.5 Å². The van der Waals surface area contributed by atoms with Crippen molar-refractivity contribution in [2.45, 2.75) is 0 Å². The van der Waals surface area contributed by atoms with E-state index in [0.717, 1.165) is 5.52 Å². The SMILES string of the molecule is Cn1ccc(=O)c2cnccc21. The Balaban J connectivity index is 3.05. The van der Waals surface area contributed by atoms with E-state index in [0.29, 0.717) is 5.39 Å². The first kappa shape index (κ1) is 7.03. The van der Waals surface area contributed by atoms with E-state index in [1.54, 1.807) is 24.7 Å². The van der Waals surface area contributed by atoms with Gasteiger partial charge in [-0.1, -0.05) is 0 Å². The second-order valence-corrected chi connectivity index (χ2v) is 2.68. The van der Waals surface area contributed by atoms with Gasteiger partial charge in [-0.15, -0.1) is 0 Å². The Morgan fingerprint density at radius 3 is 3.00 bits per heavy atom. The van der Waals surface area contributed by atoms with Gasteiger partial charge in [0, 0.05) is 31.7 Å². The van der Waals surface area contributed by atoms with Crippen molar-refractivity contribution in [3.05, 3.63) is 40.9 Å². The fourth-order valence-corrected chi connectivity index (χ4v) is 1.23. The smallest absolute Gasteiger partial charge is 0.190 e. The molecular weight excluding hydrogens is 152 g/mol. The molecule has 3 nitrogen and oxygen atoms in total. The topological polar surface area (TPSA) is 34.9 Å². The molecule has 3 heteroatoms. The Kier molecular flexibility index (Phi) is 1.43. The van der Waals surface area contributed by atoms with Gasteiger partial charge >= 0.3 is 0 Å². The van der Waals surface area contributed by atoms with E-state index in [2.05, 4.69) is 4.98 Å². The van der Waals surface area contributed by atoms with Crippen LogP contribution in [-0.2, 0) is 7.05 Å². The number of aryl methyl sites for hydroxylation is 1. The third-order valence-corrected chi connectivity index (χ3v) is 1.89. The van der Waals surface area contributed by atoms with Crippen molar-refractivity contribution < 1.29 is 0 Å². The monoisotopic (exact) mass is 160 g/mol. The van der Waals surface area contributed by atoms with Crippen LogP contribution >= 0.6 is 0 Å². The van der Waals surface area contributed by atoms with Crippen LogP contribution in [0.2, 0.25) is 0 Å². The zero-order valence-electron chi connectivity index (χ0n) is 6.69. The summed E-state index contributed by atoms with van der Waals surface area (Å²) in [6, 6.07) is 3.38. The number of fused-ring (bicyclic) bond motifs is 1. The van der Waals surface area contributed by atoms with Crippen LogP contribution in [0.5, 0.6) is 0 Å². The molecule has 0 amide bonds. The highest BCUT2D eigenvalue weighted by Crippen LogP contribution is 2.04. The number of rotatable bonds is 0. The molecule has 0 atom stereocenters. The first-order valence-electron chi connectivity index (χ1n) is 3.68. The Morgan fingerprint density at radius 2 is 2.25 bits per heavy atom. The summed E-state index contributed by atoms with van der Waals surface area (Å²) in [7, 11) is 1.90. The van der Waals surface area contributed by atoms with Crippen LogP contribution in [0.1, 0.15) is 0 Å². The third kappa shape index (κ3) is 0.906. The molecule has 12 heavy (non-hydrogen) atoms. The molecule has 0 radical (unpaired) electrons. The van der Waals surface area contributed by atoms with Gasteiger partial charge in [0.25, 0.3) is 0 Å². The number of hydrogen-bond acceptors (Lipinski definition) is 2. The summed E-state index contributed by atoms with van der Waals surface area (Å²) in [4.78, 5) is 15.2. The van der Waals surface area contributed by atoms with Crippen molar-refractivity contribution in [3.8, 4) is 0 Å². The minimum absolute atomic E-state index is 0.0243. The predicted octanol–water partition coefficient (Wildman–Crippen LogP) is 0.933. The Bertz CT molecular complexity index is 473. The molecule has 0 spiro atoms. The van der Waals surface area contributed by atoms with E-state index in [1.165, 1.54) is 0 Å².